The molecule has 0 saturated carbocycles. The second-order valence-corrected chi connectivity index (χ2v) is 17.4. The molecule has 0 aliphatic rings. The summed E-state index contributed by atoms with van der Waals surface area (Å²) in [6.45, 7) is 4.18. The largest absolute Gasteiger partial charge is 0.394 e. The van der Waals surface area contributed by atoms with Crippen LogP contribution in [0.15, 0.2) is 36.5 Å². The van der Waals surface area contributed by atoms with E-state index in [1.54, 1.807) is 0 Å². The van der Waals surface area contributed by atoms with Gasteiger partial charge in [0.05, 0.1) is 18.8 Å². The highest BCUT2D eigenvalue weighted by atomic mass is 16.3. The van der Waals surface area contributed by atoms with Gasteiger partial charge in [-0.25, -0.2) is 0 Å². The maximum absolute atomic E-state index is 12.5. The molecule has 0 spiro atoms. The summed E-state index contributed by atoms with van der Waals surface area (Å²) < 4.78 is 0. The zero-order valence-electron chi connectivity index (χ0n) is 38.2. The van der Waals surface area contributed by atoms with Crippen molar-refractivity contribution in [1.29, 1.82) is 0 Å². The summed E-state index contributed by atoms with van der Waals surface area (Å²) in [5, 5.41) is 33.6. The molecule has 0 fully saturated rings. The van der Waals surface area contributed by atoms with Crippen LogP contribution in [-0.2, 0) is 4.79 Å². The van der Waals surface area contributed by atoms with Crippen molar-refractivity contribution in [1.82, 2.24) is 5.32 Å². The minimum atomic E-state index is -1.16. The van der Waals surface area contributed by atoms with Gasteiger partial charge in [0.1, 0.15) is 6.10 Å². The Hall–Kier alpha value is -1.43. The Kier molecular flexibility index (Phi) is 46.1. The first-order valence-corrected chi connectivity index (χ1v) is 25.3. The van der Waals surface area contributed by atoms with E-state index in [0.717, 1.165) is 44.9 Å². The van der Waals surface area contributed by atoms with Crippen molar-refractivity contribution in [3.05, 3.63) is 36.5 Å². The number of carbonyl (C=O) groups excluding carboxylic acids is 1. The highest BCUT2D eigenvalue weighted by Crippen LogP contribution is 2.16. The zero-order chi connectivity index (χ0) is 41.5. The molecule has 57 heavy (non-hydrogen) atoms. The molecule has 1 amide bonds. The third-order valence-corrected chi connectivity index (χ3v) is 11.7. The monoisotopic (exact) mass is 802 g/mol. The van der Waals surface area contributed by atoms with Gasteiger partial charge in [0.15, 0.2) is 0 Å². The van der Waals surface area contributed by atoms with Crippen LogP contribution in [0.25, 0.3) is 0 Å². The smallest absolute Gasteiger partial charge is 0.220 e. The average molecular weight is 802 g/mol. The van der Waals surface area contributed by atoms with Crippen LogP contribution in [0, 0.1) is 0 Å². The molecule has 336 valence electrons. The third kappa shape index (κ3) is 42.5. The van der Waals surface area contributed by atoms with Crippen LogP contribution < -0.4 is 5.32 Å². The fourth-order valence-corrected chi connectivity index (χ4v) is 7.78. The Balaban J connectivity index is 3.62. The zero-order valence-corrected chi connectivity index (χ0v) is 38.2. The Bertz CT molecular complexity index is 885. The summed E-state index contributed by atoms with van der Waals surface area (Å²) >= 11 is 0. The summed E-state index contributed by atoms with van der Waals surface area (Å²) in [7, 11) is 0. The molecule has 0 saturated heterocycles. The van der Waals surface area contributed by atoms with Crippen LogP contribution in [0.4, 0.5) is 0 Å². The third-order valence-electron chi connectivity index (χ3n) is 11.7. The van der Waals surface area contributed by atoms with E-state index in [9.17, 15) is 20.1 Å². The van der Waals surface area contributed by atoms with Gasteiger partial charge in [-0.15, -0.1) is 0 Å². The lowest BCUT2D eigenvalue weighted by Crippen LogP contribution is -2.50. The first kappa shape index (κ1) is 55.6. The number of carbonyl (C=O) groups is 1. The molecule has 0 aromatic rings. The predicted octanol–water partition coefficient (Wildman–Crippen LogP) is 15.1. The van der Waals surface area contributed by atoms with Gasteiger partial charge in [0.2, 0.25) is 5.91 Å². The number of amides is 1. The molecule has 0 aliphatic carbocycles. The summed E-state index contributed by atoms with van der Waals surface area (Å²) in [6.07, 6.45) is 59.9. The first-order chi connectivity index (χ1) is 28.1. The van der Waals surface area contributed by atoms with Crippen molar-refractivity contribution >= 4 is 5.91 Å². The lowest BCUT2D eigenvalue weighted by molar-refractivity contribution is -0.124. The van der Waals surface area contributed by atoms with Gasteiger partial charge in [-0.3, -0.25) is 4.79 Å². The molecule has 3 unspecified atom stereocenters. The van der Waals surface area contributed by atoms with Crippen LogP contribution in [0.1, 0.15) is 264 Å². The Morgan fingerprint density at radius 2 is 0.754 bits per heavy atom. The second-order valence-electron chi connectivity index (χ2n) is 17.4. The molecule has 0 heterocycles. The summed E-state index contributed by atoms with van der Waals surface area (Å²) in [6, 6.07) is -0.829. The van der Waals surface area contributed by atoms with Crippen molar-refractivity contribution < 1.29 is 20.1 Å². The summed E-state index contributed by atoms with van der Waals surface area (Å²) in [5.74, 6) is -0.157. The van der Waals surface area contributed by atoms with E-state index < -0.39 is 18.2 Å². The van der Waals surface area contributed by atoms with Crippen LogP contribution in [0.2, 0.25) is 0 Å². The topological polar surface area (TPSA) is 89.8 Å². The van der Waals surface area contributed by atoms with E-state index in [4.69, 9.17) is 0 Å². The van der Waals surface area contributed by atoms with Gasteiger partial charge >= 0.3 is 0 Å². The van der Waals surface area contributed by atoms with E-state index in [1.807, 2.05) is 0 Å². The van der Waals surface area contributed by atoms with Gasteiger partial charge in [0, 0.05) is 6.42 Å². The predicted molar refractivity (Wildman–Crippen MR) is 250 cm³/mol. The van der Waals surface area contributed by atoms with E-state index in [2.05, 4.69) is 55.6 Å². The highest BCUT2D eigenvalue weighted by Gasteiger charge is 2.26. The summed E-state index contributed by atoms with van der Waals surface area (Å²) in [5.41, 5.74) is 0. The Labute approximate surface area is 355 Å². The molecule has 0 radical (unpaired) electrons. The molecule has 0 aliphatic heterocycles. The molecule has 0 aromatic carbocycles. The maximum Gasteiger partial charge on any atom is 0.220 e. The molecule has 0 rings (SSSR count). The number of unbranched alkanes of at least 4 members (excludes halogenated alkanes) is 32. The van der Waals surface area contributed by atoms with E-state index in [1.165, 1.54) is 193 Å². The van der Waals surface area contributed by atoms with Gasteiger partial charge in [-0.05, 0) is 70.6 Å². The fourth-order valence-electron chi connectivity index (χ4n) is 7.78. The molecule has 0 bridgehead atoms. The number of nitrogens with one attached hydrogen (secondary N) is 1. The van der Waals surface area contributed by atoms with E-state index >= 15 is 0 Å². The molecular weight excluding hydrogens is 703 g/mol. The maximum atomic E-state index is 12.5. The summed E-state index contributed by atoms with van der Waals surface area (Å²) in [4.78, 5) is 12.5. The SMILES string of the molecule is CCCCCCCCCCC/C=C\C/C=C\CCCCCCCCCCCC(=O)NC(CO)C(O)C(O)CCC/C=C/CCCCCCCCCCCCCCC. The Morgan fingerprint density at radius 3 is 1.12 bits per heavy atom. The Morgan fingerprint density at radius 1 is 0.439 bits per heavy atom. The molecule has 3 atom stereocenters. The van der Waals surface area contributed by atoms with Crippen molar-refractivity contribution in [3.8, 4) is 0 Å². The van der Waals surface area contributed by atoms with E-state index in [0.29, 0.717) is 12.8 Å². The van der Waals surface area contributed by atoms with Crippen LogP contribution in [-0.4, -0.2) is 46.1 Å². The molecular formula is C52H99NO4. The lowest BCUT2D eigenvalue weighted by atomic mass is 10.0. The molecule has 5 nitrogen and oxygen atoms in total. The van der Waals surface area contributed by atoms with Gasteiger partial charge in [-0.1, -0.05) is 224 Å². The number of aliphatic hydroxyl groups is 3. The van der Waals surface area contributed by atoms with Crippen LogP contribution in [0.3, 0.4) is 0 Å². The minimum absolute atomic E-state index is 0.157. The van der Waals surface area contributed by atoms with Crippen LogP contribution in [0.5, 0.6) is 0 Å². The van der Waals surface area contributed by atoms with Gasteiger partial charge in [0.25, 0.3) is 0 Å². The normalized spacial score (nSPS) is 13.7. The number of hydrogen-bond donors (Lipinski definition) is 4. The molecule has 0 aromatic heterocycles. The number of allylic oxidation sites excluding steroid dienone is 6. The van der Waals surface area contributed by atoms with Crippen molar-refractivity contribution in [2.45, 2.75) is 283 Å². The number of rotatable bonds is 46. The highest BCUT2D eigenvalue weighted by molar-refractivity contribution is 5.76. The quantitative estimate of drug-likeness (QED) is 0.0365. The molecule has 5 heteroatoms. The second kappa shape index (κ2) is 47.3. The minimum Gasteiger partial charge on any atom is -0.394 e. The number of hydrogen-bond acceptors (Lipinski definition) is 4. The average Bonchev–Trinajstić information content (AvgIpc) is 3.22. The lowest BCUT2D eigenvalue weighted by Gasteiger charge is -2.26. The molecule has 4 N–H and O–H groups in total. The van der Waals surface area contributed by atoms with Crippen molar-refractivity contribution in [3.63, 3.8) is 0 Å². The van der Waals surface area contributed by atoms with Gasteiger partial charge < -0.3 is 20.6 Å². The van der Waals surface area contributed by atoms with E-state index in [-0.39, 0.29) is 12.5 Å². The van der Waals surface area contributed by atoms with Crippen molar-refractivity contribution in [2.75, 3.05) is 6.61 Å². The standard InChI is InChI=1S/C52H99NO4/c1-3-5-7-9-11-13-15-17-19-21-23-24-25-26-27-28-29-31-33-35-37-39-41-43-45-47-51(56)53-49(48-54)52(57)50(55)46-44-42-40-38-36-34-32-30-22-20-18-16-14-12-10-8-6-4-2/h23-24,26-27,38,40,49-50,52,54-55,57H,3-22,25,28-37,39,41-48H2,1-2H3,(H,53,56)/b24-23-,27-26-,40-38+. The first-order valence-electron chi connectivity index (χ1n) is 25.3. The van der Waals surface area contributed by atoms with Crippen molar-refractivity contribution in [2.24, 2.45) is 0 Å². The fraction of sp³-hybridized carbons (Fsp3) is 0.865. The van der Waals surface area contributed by atoms with Crippen LogP contribution >= 0.6 is 0 Å². The van der Waals surface area contributed by atoms with Gasteiger partial charge in [-0.2, -0.15) is 0 Å². The number of aliphatic hydroxyl groups excluding tert-OH is 3.